The minimum atomic E-state index is -0.471. The molecule has 6 nitrogen and oxygen atoms in total. The smallest absolute Gasteiger partial charge is 0.254 e. The first-order valence-electron chi connectivity index (χ1n) is 4.42. The summed E-state index contributed by atoms with van der Waals surface area (Å²) < 4.78 is 0. The van der Waals surface area contributed by atoms with E-state index in [0.29, 0.717) is 0 Å². The van der Waals surface area contributed by atoms with Gasteiger partial charge >= 0.3 is 0 Å². The predicted molar refractivity (Wildman–Crippen MR) is 48.7 cm³/mol. The second-order valence-electron chi connectivity index (χ2n) is 3.29. The van der Waals surface area contributed by atoms with Crippen molar-refractivity contribution in [3.8, 4) is 0 Å². The highest BCUT2D eigenvalue weighted by Gasteiger charge is 2.32. The van der Waals surface area contributed by atoms with Gasteiger partial charge in [0, 0.05) is 12.8 Å². The molecule has 1 saturated heterocycles. The van der Waals surface area contributed by atoms with E-state index >= 15 is 0 Å². The molecule has 0 bridgehead atoms. The van der Waals surface area contributed by atoms with Crippen LogP contribution in [0.3, 0.4) is 0 Å². The Morgan fingerprint density at radius 2 is 1.86 bits per heavy atom. The number of hydrogen-bond donors (Lipinski definition) is 1. The third kappa shape index (κ3) is 2.28. The molecule has 80 valence electrons. The van der Waals surface area contributed by atoms with Crippen LogP contribution in [0.1, 0.15) is 12.8 Å². The molecule has 1 rings (SSSR count). The second kappa shape index (κ2) is 4.50. The zero-order valence-corrected chi connectivity index (χ0v) is 8.61. The lowest BCUT2D eigenvalue weighted by atomic mass is 10.4. The fraction of sp³-hybridized carbons (Fsp3) is 0.750. The summed E-state index contributed by atoms with van der Waals surface area (Å²) in [6.07, 6.45) is 0.00628. The monoisotopic (exact) mass is 201 g/mol. The molecule has 1 atom stereocenters. The van der Waals surface area contributed by atoms with Gasteiger partial charge in [0.15, 0.2) is 6.35 Å². The second-order valence-corrected chi connectivity index (χ2v) is 3.29. The van der Waals surface area contributed by atoms with Crippen LogP contribution in [-0.4, -0.2) is 49.3 Å². The number of imide groups is 1. The number of carbonyl (C=O) groups is 2. The minimum Gasteiger partial charge on any atom is -0.280 e. The standard InChI is InChI=1S/C8H15N3O3/c1-9-8(10(2)3)14-11-6(12)4-5-7(11)13/h8-9H,4-5H2,1-3H3. The summed E-state index contributed by atoms with van der Waals surface area (Å²) in [5.74, 6) is -0.561. The summed E-state index contributed by atoms with van der Waals surface area (Å²) in [6, 6.07) is 0. The molecule has 0 aromatic rings. The first kappa shape index (κ1) is 11.1. The molecule has 1 fully saturated rings. The van der Waals surface area contributed by atoms with Gasteiger partial charge in [0.1, 0.15) is 0 Å². The largest absolute Gasteiger partial charge is 0.280 e. The van der Waals surface area contributed by atoms with Crippen LogP contribution in [0.25, 0.3) is 0 Å². The zero-order valence-electron chi connectivity index (χ0n) is 8.61. The molecule has 6 heteroatoms. The molecule has 0 spiro atoms. The molecule has 1 aliphatic rings. The lowest BCUT2D eigenvalue weighted by Crippen LogP contribution is -2.47. The van der Waals surface area contributed by atoms with Gasteiger partial charge in [-0.2, -0.15) is 5.06 Å². The van der Waals surface area contributed by atoms with Crippen molar-refractivity contribution >= 4 is 11.8 Å². The van der Waals surface area contributed by atoms with Gasteiger partial charge in [0.05, 0.1) is 0 Å². The van der Waals surface area contributed by atoms with Crippen LogP contribution >= 0.6 is 0 Å². The molecule has 0 aliphatic carbocycles. The zero-order chi connectivity index (χ0) is 10.7. The summed E-state index contributed by atoms with van der Waals surface area (Å²) in [7, 11) is 5.26. The number of amides is 2. The van der Waals surface area contributed by atoms with Gasteiger partial charge in [-0.05, 0) is 21.1 Å². The van der Waals surface area contributed by atoms with Crippen molar-refractivity contribution in [3.63, 3.8) is 0 Å². The summed E-state index contributed by atoms with van der Waals surface area (Å²) in [5, 5.41) is 3.66. The van der Waals surface area contributed by atoms with Crippen molar-refractivity contribution in [2.75, 3.05) is 21.1 Å². The van der Waals surface area contributed by atoms with Crippen molar-refractivity contribution in [1.82, 2.24) is 15.3 Å². The highest BCUT2D eigenvalue weighted by Crippen LogP contribution is 2.13. The average molecular weight is 201 g/mol. The highest BCUT2D eigenvalue weighted by molar-refractivity contribution is 6.00. The van der Waals surface area contributed by atoms with Crippen molar-refractivity contribution in [2.45, 2.75) is 19.2 Å². The lowest BCUT2D eigenvalue weighted by Gasteiger charge is -2.26. The molecule has 1 heterocycles. The maximum atomic E-state index is 11.2. The Kier molecular flexibility index (Phi) is 3.56. The topological polar surface area (TPSA) is 61.9 Å². The van der Waals surface area contributed by atoms with E-state index in [9.17, 15) is 9.59 Å². The molecule has 0 aromatic carbocycles. The van der Waals surface area contributed by atoms with Gasteiger partial charge in [-0.3, -0.25) is 19.8 Å². The molecule has 1 N–H and O–H groups in total. The number of nitrogens with one attached hydrogen (secondary N) is 1. The molecule has 0 radical (unpaired) electrons. The van der Waals surface area contributed by atoms with E-state index in [1.165, 1.54) is 0 Å². The van der Waals surface area contributed by atoms with Crippen LogP contribution in [0.15, 0.2) is 0 Å². The number of nitrogens with zero attached hydrogens (tertiary/aromatic N) is 2. The fourth-order valence-corrected chi connectivity index (χ4v) is 1.18. The molecule has 0 aromatic heterocycles. The van der Waals surface area contributed by atoms with E-state index < -0.39 is 6.35 Å². The van der Waals surface area contributed by atoms with Crippen molar-refractivity contribution in [3.05, 3.63) is 0 Å². The number of hydrogen-bond acceptors (Lipinski definition) is 5. The van der Waals surface area contributed by atoms with E-state index in [2.05, 4.69) is 5.32 Å². The lowest BCUT2D eigenvalue weighted by molar-refractivity contribution is -0.227. The average Bonchev–Trinajstić information content (AvgIpc) is 2.43. The fourth-order valence-electron chi connectivity index (χ4n) is 1.18. The first-order chi connectivity index (χ1) is 6.56. The molecule has 14 heavy (non-hydrogen) atoms. The summed E-state index contributed by atoms with van der Waals surface area (Å²) in [4.78, 5) is 29.3. The van der Waals surface area contributed by atoms with Crippen LogP contribution in [0, 0.1) is 0 Å². The predicted octanol–water partition coefficient (Wildman–Crippen LogP) is -0.868. The van der Waals surface area contributed by atoms with Crippen molar-refractivity contribution < 1.29 is 14.4 Å². The Morgan fingerprint density at radius 1 is 1.36 bits per heavy atom. The molecular weight excluding hydrogens is 186 g/mol. The van der Waals surface area contributed by atoms with Crippen molar-refractivity contribution in [1.29, 1.82) is 0 Å². The molecular formula is C8H15N3O3. The van der Waals surface area contributed by atoms with Crippen LogP contribution < -0.4 is 5.32 Å². The van der Waals surface area contributed by atoms with E-state index in [0.717, 1.165) is 5.06 Å². The van der Waals surface area contributed by atoms with Crippen LogP contribution in [0.5, 0.6) is 0 Å². The molecule has 0 saturated carbocycles. The maximum absolute atomic E-state index is 11.2. The normalized spacial score (nSPS) is 19.6. The first-order valence-corrected chi connectivity index (χ1v) is 4.42. The van der Waals surface area contributed by atoms with Gasteiger partial charge in [-0.25, -0.2) is 4.84 Å². The molecule has 2 amide bonds. The quantitative estimate of drug-likeness (QED) is 0.473. The number of rotatable bonds is 4. The van der Waals surface area contributed by atoms with Gasteiger partial charge in [-0.1, -0.05) is 0 Å². The number of carbonyl (C=O) groups excluding carboxylic acids is 2. The maximum Gasteiger partial charge on any atom is 0.254 e. The van der Waals surface area contributed by atoms with Gasteiger partial charge in [0.2, 0.25) is 0 Å². The molecule has 1 unspecified atom stereocenters. The van der Waals surface area contributed by atoms with Crippen LogP contribution in [0.2, 0.25) is 0 Å². The SMILES string of the molecule is CNC(ON1C(=O)CCC1=O)N(C)C. The van der Waals surface area contributed by atoms with E-state index in [-0.39, 0.29) is 24.7 Å². The minimum absolute atomic E-state index is 0.239. The van der Waals surface area contributed by atoms with E-state index in [1.54, 1.807) is 26.0 Å². The Morgan fingerprint density at radius 3 is 2.21 bits per heavy atom. The summed E-state index contributed by atoms with van der Waals surface area (Å²) in [6.45, 7) is 0. The van der Waals surface area contributed by atoms with Gasteiger partial charge in [0.25, 0.3) is 11.8 Å². The van der Waals surface area contributed by atoms with E-state index in [4.69, 9.17) is 4.84 Å². The third-order valence-electron chi connectivity index (χ3n) is 1.93. The Balaban J connectivity index is 2.57. The van der Waals surface area contributed by atoms with Crippen LogP contribution in [-0.2, 0) is 14.4 Å². The Hall–Kier alpha value is -0.980. The highest BCUT2D eigenvalue weighted by atomic mass is 16.7. The van der Waals surface area contributed by atoms with Crippen LogP contribution in [0.4, 0.5) is 0 Å². The van der Waals surface area contributed by atoms with Gasteiger partial charge in [-0.15, -0.1) is 0 Å². The third-order valence-corrected chi connectivity index (χ3v) is 1.93. The Labute approximate surface area is 82.7 Å². The van der Waals surface area contributed by atoms with Gasteiger partial charge < -0.3 is 0 Å². The summed E-state index contributed by atoms with van der Waals surface area (Å²) >= 11 is 0. The van der Waals surface area contributed by atoms with Crippen molar-refractivity contribution in [2.24, 2.45) is 0 Å². The number of hydroxylamine groups is 2. The van der Waals surface area contributed by atoms with E-state index in [1.807, 2.05) is 0 Å². The summed E-state index contributed by atoms with van der Waals surface area (Å²) in [5.41, 5.74) is 0. The molecule has 1 aliphatic heterocycles. The Bertz CT molecular complexity index is 226.